The van der Waals surface area contributed by atoms with Crippen molar-refractivity contribution in [3.8, 4) is 0 Å². The van der Waals surface area contributed by atoms with Gasteiger partial charge in [0.15, 0.2) is 0 Å². The summed E-state index contributed by atoms with van der Waals surface area (Å²) in [6, 6.07) is 8.16. The number of carbonyl (C=O) groups is 2. The quantitative estimate of drug-likeness (QED) is 0.687. The Morgan fingerprint density at radius 1 is 1.05 bits per heavy atom. The zero-order chi connectivity index (χ0) is 15.0. The van der Waals surface area contributed by atoms with Gasteiger partial charge in [0, 0.05) is 24.3 Å². The molecule has 2 amide bonds. The molecule has 112 valence electrons. The minimum Gasteiger partial charge on any atom is -0.329 e. The van der Waals surface area contributed by atoms with E-state index in [-0.39, 0.29) is 23.9 Å². The first-order chi connectivity index (χ1) is 10.1. The summed E-state index contributed by atoms with van der Waals surface area (Å²) >= 11 is 0. The van der Waals surface area contributed by atoms with Crippen LogP contribution in [0.15, 0.2) is 24.3 Å². The van der Waals surface area contributed by atoms with E-state index in [9.17, 15) is 9.59 Å². The number of likely N-dealkylation sites (tertiary alicyclic amines) is 1. The summed E-state index contributed by atoms with van der Waals surface area (Å²) in [5.74, 6) is -0.716. The Morgan fingerprint density at radius 2 is 1.71 bits per heavy atom. The number of benzene rings is 1. The number of rotatable bonds is 0. The van der Waals surface area contributed by atoms with Crippen LogP contribution in [0.1, 0.15) is 38.7 Å². The third kappa shape index (κ3) is 2.43. The number of hydrogen-bond acceptors (Lipinski definition) is 2. The van der Waals surface area contributed by atoms with Gasteiger partial charge >= 0.3 is 11.8 Å². The van der Waals surface area contributed by atoms with Gasteiger partial charge in [0.1, 0.15) is 0 Å². The van der Waals surface area contributed by atoms with E-state index >= 15 is 0 Å². The number of para-hydroxylation sites is 1. The molecule has 1 saturated heterocycles. The highest BCUT2D eigenvalue weighted by Crippen LogP contribution is 2.29. The molecule has 1 aromatic carbocycles. The standard InChI is InChI=1S/C17H22N2O2/c1-12-6-5-7-13(2)19(12)17(21)16(20)18-11-10-14-8-3-4-9-15(14)18/h3-4,8-9,12-13H,5-7,10-11H2,1-2H3. The van der Waals surface area contributed by atoms with Crippen molar-refractivity contribution in [2.75, 3.05) is 11.4 Å². The van der Waals surface area contributed by atoms with E-state index in [0.717, 1.165) is 36.9 Å². The number of piperidine rings is 1. The molecule has 2 unspecified atom stereocenters. The first-order valence-electron chi connectivity index (χ1n) is 7.81. The van der Waals surface area contributed by atoms with Crippen molar-refractivity contribution in [3.05, 3.63) is 29.8 Å². The van der Waals surface area contributed by atoms with Crippen molar-refractivity contribution in [1.82, 2.24) is 4.90 Å². The van der Waals surface area contributed by atoms with Crippen LogP contribution in [0.2, 0.25) is 0 Å². The zero-order valence-electron chi connectivity index (χ0n) is 12.7. The van der Waals surface area contributed by atoms with Gasteiger partial charge in [-0.1, -0.05) is 18.2 Å². The van der Waals surface area contributed by atoms with Crippen LogP contribution in [0.4, 0.5) is 5.69 Å². The van der Waals surface area contributed by atoms with Gasteiger partial charge in [0.2, 0.25) is 0 Å². The summed E-state index contributed by atoms with van der Waals surface area (Å²) in [6.07, 6.45) is 3.94. The molecule has 2 aliphatic rings. The van der Waals surface area contributed by atoms with Gasteiger partial charge in [0.05, 0.1) is 0 Å². The first kappa shape index (κ1) is 14.1. The molecule has 0 spiro atoms. The van der Waals surface area contributed by atoms with Gasteiger partial charge < -0.3 is 9.80 Å². The highest BCUT2D eigenvalue weighted by molar-refractivity contribution is 6.40. The molecule has 0 N–H and O–H groups in total. The summed E-state index contributed by atoms with van der Waals surface area (Å²) in [6.45, 7) is 4.69. The number of carbonyl (C=O) groups excluding carboxylic acids is 2. The van der Waals surface area contributed by atoms with Crippen molar-refractivity contribution in [3.63, 3.8) is 0 Å². The molecule has 4 nitrogen and oxygen atoms in total. The van der Waals surface area contributed by atoms with Crippen LogP contribution >= 0.6 is 0 Å². The number of amides is 2. The van der Waals surface area contributed by atoms with E-state index in [2.05, 4.69) is 0 Å². The first-order valence-corrected chi connectivity index (χ1v) is 7.81. The molecule has 3 rings (SSSR count). The fourth-order valence-electron chi connectivity index (χ4n) is 3.60. The Bertz CT molecular complexity index is 560. The molecule has 2 aliphatic heterocycles. The minimum atomic E-state index is -0.374. The summed E-state index contributed by atoms with van der Waals surface area (Å²) in [7, 11) is 0. The molecule has 0 saturated carbocycles. The predicted octanol–water partition coefficient (Wildman–Crippen LogP) is 2.37. The summed E-state index contributed by atoms with van der Waals surface area (Å²) < 4.78 is 0. The van der Waals surface area contributed by atoms with E-state index in [1.54, 1.807) is 9.80 Å². The molecular weight excluding hydrogens is 264 g/mol. The Labute approximate surface area is 125 Å². The molecule has 0 aromatic heterocycles. The van der Waals surface area contributed by atoms with Crippen LogP contribution in [0.3, 0.4) is 0 Å². The van der Waals surface area contributed by atoms with Gasteiger partial charge in [-0.2, -0.15) is 0 Å². The third-order valence-electron chi connectivity index (χ3n) is 4.74. The largest absolute Gasteiger partial charge is 0.329 e. The van der Waals surface area contributed by atoms with Crippen LogP contribution in [0.5, 0.6) is 0 Å². The molecule has 2 atom stereocenters. The van der Waals surface area contributed by atoms with E-state index in [4.69, 9.17) is 0 Å². The van der Waals surface area contributed by atoms with E-state index < -0.39 is 0 Å². The van der Waals surface area contributed by atoms with E-state index in [0.29, 0.717) is 6.54 Å². The fourth-order valence-corrected chi connectivity index (χ4v) is 3.60. The molecule has 0 radical (unpaired) electrons. The number of nitrogens with zero attached hydrogens (tertiary/aromatic N) is 2. The van der Waals surface area contributed by atoms with Crippen molar-refractivity contribution in [2.45, 2.75) is 51.6 Å². The van der Waals surface area contributed by atoms with Crippen molar-refractivity contribution in [2.24, 2.45) is 0 Å². The molecule has 0 bridgehead atoms. The lowest BCUT2D eigenvalue weighted by Gasteiger charge is -2.39. The van der Waals surface area contributed by atoms with Gasteiger partial charge in [-0.3, -0.25) is 9.59 Å². The molecule has 1 aromatic rings. The summed E-state index contributed by atoms with van der Waals surface area (Å²) in [4.78, 5) is 28.7. The van der Waals surface area contributed by atoms with Crippen molar-refractivity contribution >= 4 is 17.5 Å². The normalized spacial score (nSPS) is 24.9. The average molecular weight is 286 g/mol. The summed E-state index contributed by atoms with van der Waals surface area (Å²) in [5.41, 5.74) is 2.05. The smallest absolute Gasteiger partial charge is 0.316 e. The van der Waals surface area contributed by atoms with Crippen LogP contribution < -0.4 is 4.90 Å². The highest BCUT2D eigenvalue weighted by atomic mass is 16.2. The van der Waals surface area contributed by atoms with Crippen molar-refractivity contribution in [1.29, 1.82) is 0 Å². The number of anilines is 1. The third-order valence-corrected chi connectivity index (χ3v) is 4.74. The number of fused-ring (bicyclic) bond motifs is 1. The zero-order valence-corrected chi connectivity index (χ0v) is 12.7. The van der Waals surface area contributed by atoms with Crippen LogP contribution in [0.25, 0.3) is 0 Å². The lowest BCUT2D eigenvalue weighted by atomic mass is 9.97. The highest BCUT2D eigenvalue weighted by Gasteiger charge is 2.37. The van der Waals surface area contributed by atoms with Gasteiger partial charge in [0.25, 0.3) is 0 Å². The maximum absolute atomic E-state index is 12.7. The van der Waals surface area contributed by atoms with Crippen molar-refractivity contribution < 1.29 is 9.59 Å². The molecule has 1 fully saturated rings. The summed E-state index contributed by atoms with van der Waals surface area (Å²) in [5, 5.41) is 0. The maximum atomic E-state index is 12.7. The SMILES string of the molecule is CC1CCCC(C)N1C(=O)C(=O)N1CCc2ccccc21. The Morgan fingerprint density at radius 3 is 2.43 bits per heavy atom. The van der Waals surface area contributed by atoms with Gasteiger partial charge in [-0.15, -0.1) is 0 Å². The second kappa shape index (κ2) is 5.51. The monoisotopic (exact) mass is 286 g/mol. The second-order valence-electron chi connectivity index (χ2n) is 6.18. The maximum Gasteiger partial charge on any atom is 0.316 e. The molecule has 2 heterocycles. The van der Waals surface area contributed by atoms with Crippen LogP contribution in [0, 0.1) is 0 Å². The lowest BCUT2D eigenvalue weighted by Crippen LogP contribution is -2.53. The average Bonchev–Trinajstić information content (AvgIpc) is 2.90. The van der Waals surface area contributed by atoms with Crippen LogP contribution in [-0.4, -0.2) is 35.3 Å². The van der Waals surface area contributed by atoms with Gasteiger partial charge in [-0.05, 0) is 51.2 Å². The van der Waals surface area contributed by atoms with E-state index in [1.165, 1.54) is 0 Å². The Hall–Kier alpha value is -1.84. The van der Waals surface area contributed by atoms with Gasteiger partial charge in [-0.25, -0.2) is 0 Å². The van der Waals surface area contributed by atoms with Crippen LogP contribution in [-0.2, 0) is 16.0 Å². The minimum absolute atomic E-state index is 0.156. The Balaban J connectivity index is 1.81. The predicted molar refractivity (Wildman–Crippen MR) is 82.1 cm³/mol. The molecule has 0 aliphatic carbocycles. The molecular formula is C17H22N2O2. The Kier molecular flexibility index (Phi) is 3.70. The fraction of sp³-hybridized carbons (Fsp3) is 0.529. The number of hydrogen-bond donors (Lipinski definition) is 0. The topological polar surface area (TPSA) is 40.6 Å². The lowest BCUT2D eigenvalue weighted by molar-refractivity contribution is -0.148. The molecule has 4 heteroatoms. The molecule has 21 heavy (non-hydrogen) atoms. The van der Waals surface area contributed by atoms with E-state index in [1.807, 2.05) is 38.1 Å². The second-order valence-corrected chi connectivity index (χ2v) is 6.18.